The van der Waals surface area contributed by atoms with Gasteiger partial charge in [-0.15, -0.1) is 0 Å². The van der Waals surface area contributed by atoms with E-state index in [4.69, 9.17) is 9.84 Å². The van der Waals surface area contributed by atoms with Crippen LogP contribution in [-0.4, -0.2) is 32.3 Å². The zero-order chi connectivity index (χ0) is 15.5. The topological polar surface area (TPSA) is 107 Å². The Labute approximate surface area is 120 Å². The maximum absolute atomic E-state index is 10.9. The predicted octanol–water partition coefficient (Wildman–Crippen LogP) is 2.30. The van der Waals surface area contributed by atoms with Crippen molar-refractivity contribution in [2.75, 3.05) is 6.61 Å². The van der Waals surface area contributed by atoms with Crippen molar-refractivity contribution in [1.82, 2.24) is 9.55 Å². The number of nitro groups is 1. The van der Waals surface area contributed by atoms with E-state index in [0.29, 0.717) is 12.8 Å². The standard InChI is InChI=1S/C13H15N3O5/c1-13(4-2-3-10(9-13)16(19)20)5-8-21-11-14-6-7-15(11)12(17)18/h2-4,6-7H,5,8-9H2,1H3,(H,17,18). The van der Waals surface area contributed by atoms with Gasteiger partial charge in [-0.2, -0.15) is 0 Å². The first kappa shape index (κ1) is 14.8. The highest BCUT2D eigenvalue weighted by atomic mass is 16.6. The van der Waals surface area contributed by atoms with Crippen molar-refractivity contribution in [1.29, 1.82) is 0 Å². The zero-order valence-corrected chi connectivity index (χ0v) is 11.4. The number of nitrogens with zero attached hydrogens (tertiary/aromatic N) is 3. The van der Waals surface area contributed by atoms with Gasteiger partial charge < -0.3 is 9.84 Å². The number of allylic oxidation sites excluding steroid dienone is 4. The van der Waals surface area contributed by atoms with Crippen LogP contribution < -0.4 is 4.74 Å². The molecule has 1 N–H and O–H groups in total. The number of hydrogen-bond donors (Lipinski definition) is 1. The Balaban J connectivity index is 1.93. The molecule has 2 rings (SSSR count). The van der Waals surface area contributed by atoms with Gasteiger partial charge in [-0.1, -0.05) is 19.1 Å². The van der Waals surface area contributed by atoms with Gasteiger partial charge in [0.25, 0.3) is 0 Å². The van der Waals surface area contributed by atoms with E-state index < -0.39 is 11.5 Å². The molecule has 1 aromatic heterocycles. The van der Waals surface area contributed by atoms with Crippen LogP contribution in [0, 0.1) is 15.5 Å². The summed E-state index contributed by atoms with van der Waals surface area (Å²) in [5.74, 6) is 0. The highest BCUT2D eigenvalue weighted by molar-refractivity contribution is 5.69. The minimum absolute atomic E-state index is 0.00377. The summed E-state index contributed by atoms with van der Waals surface area (Å²) in [6, 6.07) is -0.00377. The number of carboxylic acid groups (broad SMARTS) is 1. The maximum Gasteiger partial charge on any atom is 0.419 e. The summed E-state index contributed by atoms with van der Waals surface area (Å²) < 4.78 is 6.23. The van der Waals surface area contributed by atoms with Crippen LogP contribution in [0.5, 0.6) is 6.01 Å². The fraction of sp³-hybridized carbons (Fsp3) is 0.385. The first-order chi connectivity index (χ1) is 9.91. The van der Waals surface area contributed by atoms with Crippen LogP contribution in [0.3, 0.4) is 0 Å². The van der Waals surface area contributed by atoms with Gasteiger partial charge in [0.05, 0.1) is 11.5 Å². The van der Waals surface area contributed by atoms with E-state index in [-0.39, 0.29) is 23.2 Å². The normalized spacial score (nSPS) is 20.9. The van der Waals surface area contributed by atoms with Gasteiger partial charge >= 0.3 is 12.1 Å². The molecule has 0 fully saturated rings. The lowest BCUT2D eigenvalue weighted by Gasteiger charge is -2.26. The van der Waals surface area contributed by atoms with Crippen molar-refractivity contribution in [2.45, 2.75) is 19.8 Å². The van der Waals surface area contributed by atoms with E-state index in [1.54, 1.807) is 6.08 Å². The van der Waals surface area contributed by atoms with Crippen LogP contribution in [-0.2, 0) is 0 Å². The molecular formula is C13H15N3O5. The summed E-state index contributed by atoms with van der Waals surface area (Å²) in [4.78, 5) is 25.1. The third-order valence-electron chi connectivity index (χ3n) is 3.32. The number of rotatable bonds is 5. The highest BCUT2D eigenvalue weighted by Gasteiger charge is 2.30. The molecule has 1 atom stereocenters. The summed E-state index contributed by atoms with van der Waals surface area (Å²) >= 11 is 0. The molecule has 21 heavy (non-hydrogen) atoms. The smallest absolute Gasteiger partial charge is 0.419 e. The number of carbonyl (C=O) groups is 1. The van der Waals surface area contributed by atoms with Crippen LogP contribution >= 0.6 is 0 Å². The predicted molar refractivity (Wildman–Crippen MR) is 72.7 cm³/mol. The van der Waals surface area contributed by atoms with Crippen molar-refractivity contribution in [3.05, 3.63) is 46.4 Å². The molecule has 0 amide bonds. The second-order valence-electron chi connectivity index (χ2n) is 5.07. The molecule has 0 saturated heterocycles. The molecule has 8 nitrogen and oxygen atoms in total. The lowest BCUT2D eigenvalue weighted by atomic mass is 9.80. The largest absolute Gasteiger partial charge is 0.464 e. The first-order valence-corrected chi connectivity index (χ1v) is 6.33. The van der Waals surface area contributed by atoms with Crippen LogP contribution in [0.4, 0.5) is 4.79 Å². The van der Waals surface area contributed by atoms with E-state index in [0.717, 1.165) is 4.57 Å². The van der Waals surface area contributed by atoms with Crippen LogP contribution in [0.15, 0.2) is 36.3 Å². The summed E-state index contributed by atoms with van der Waals surface area (Å²) in [6.45, 7) is 2.11. The van der Waals surface area contributed by atoms with Crippen molar-refractivity contribution in [3.63, 3.8) is 0 Å². The Kier molecular flexibility index (Phi) is 4.06. The van der Waals surface area contributed by atoms with Crippen molar-refractivity contribution in [3.8, 4) is 6.01 Å². The molecule has 0 bridgehead atoms. The van der Waals surface area contributed by atoms with Gasteiger partial charge in [0, 0.05) is 24.9 Å². The Morgan fingerprint density at radius 2 is 2.43 bits per heavy atom. The molecule has 1 aromatic rings. The number of aromatic nitrogens is 2. The molecule has 1 unspecified atom stereocenters. The van der Waals surface area contributed by atoms with E-state index in [2.05, 4.69) is 4.98 Å². The molecular weight excluding hydrogens is 278 g/mol. The maximum atomic E-state index is 10.9. The third-order valence-corrected chi connectivity index (χ3v) is 3.32. The fourth-order valence-electron chi connectivity index (χ4n) is 2.14. The number of ether oxygens (including phenoxy) is 1. The van der Waals surface area contributed by atoms with Gasteiger partial charge in [-0.05, 0) is 11.8 Å². The average molecular weight is 293 g/mol. The molecule has 112 valence electrons. The summed E-state index contributed by atoms with van der Waals surface area (Å²) in [5.41, 5.74) is -0.232. The quantitative estimate of drug-likeness (QED) is 0.659. The van der Waals surface area contributed by atoms with Crippen LogP contribution in [0.1, 0.15) is 19.8 Å². The molecule has 0 aromatic carbocycles. The lowest BCUT2D eigenvalue weighted by Crippen LogP contribution is -2.22. The molecule has 0 radical (unpaired) electrons. The second kappa shape index (κ2) is 5.78. The van der Waals surface area contributed by atoms with E-state index >= 15 is 0 Å². The van der Waals surface area contributed by atoms with Gasteiger partial charge in [-0.3, -0.25) is 10.1 Å². The van der Waals surface area contributed by atoms with E-state index in [9.17, 15) is 14.9 Å². The highest BCUT2D eigenvalue weighted by Crippen LogP contribution is 2.34. The Bertz CT molecular complexity index is 619. The van der Waals surface area contributed by atoms with Gasteiger partial charge in [0.1, 0.15) is 0 Å². The first-order valence-electron chi connectivity index (χ1n) is 6.33. The number of hydrogen-bond acceptors (Lipinski definition) is 5. The lowest BCUT2D eigenvalue weighted by molar-refractivity contribution is -0.430. The van der Waals surface area contributed by atoms with Crippen LogP contribution in [0.25, 0.3) is 0 Å². The van der Waals surface area contributed by atoms with E-state index in [1.807, 2.05) is 13.0 Å². The van der Waals surface area contributed by atoms with E-state index in [1.165, 1.54) is 18.5 Å². The Hall–Kier alpha value is -2.64. The summed E-state index contributed by atoms with van der Waals surface area (Å²) in [5, 5.41) is 19.7. The van der Waals surface area contributed by atoms with Gasteiger partial charge in [0.2, 0.25) is 5.70 Å². The SMILES string of the molecule is CC1(CCOc2nccn2C(=O)O)C=CC=C([N+](=O)[O-])C1. The molecule has 0 saturated carbocycles. The minimum Gasteiger partial charge on any atom is -0.464 e. The molecule has 0 spiro atoms. The van der Waals surface area contributed by atoms with Gasteiger partial charge in [0.15, 0.2) is 0 Å². The minimum atomic E-state index is -1.18. The van der Waals surface area contributed by atoms with Crippen molar-refractivity contribution in [2.24, 2.45) is 5.41 Å². The number of imidazole rings is 1. The fourth-order valence-corrected chi connectivity index (χ4v) is 2.14. The molecule has 1 heterocycles. The molecule has 1 aliphatic rings. The summed E-state index contributed by atoms with van der Waals surface area (Å²) in [7, 11) is 0. The van der Waals surface area contributed by atoms with Crippen LogP contribution in [0.2, 0.25) is 0 Å². The monoisotopic (exact) mass is 293 g/mol. The van der Waals surface area contributed by atoms with Gasteiger partial charge in [-0.25, -0.2) is 14.3 Å². The zero-order valence-electron chi connectivity index (χ0n) is 11.4. The second-order valence-corrected chi connectivity index (χ2v) is 5.07. The Morgan fingerprint density at radius 1 is 1.67 bits per heavy atom. The molecule has 1 aliphatic carbocycles. The average Bonchev–Trinajstić information content (AvgIpc) is 2.87. The third kappa shape index (κ3) is 3.47. The Morgan fingerprint density at radius 3 is 3.10 bits per heavy atom. The van der Waals surface area contributed by atoms with Crippen molar-refractivity contribution >= 4 is 6.09 Å². The van der Waals surface area contributed by atoms with Crippen molar-refractivity contribution < 1.29 is 19.6 Å². The molecule has 0 aliphatic heterocycles. The molecule has 8 heteroatoms. The summed E-state index contributed by atoms with van der Waals surface area (Å²) in [6.07, 6.45) is 7.32.